The highest BCUT2D eigenvalue weighted by atomic mass is 35.5. The van der Waals surface area contributed by atoms with Gasteiger partial charge in [-0.05, 0) is 30.3 Å². The Labute approximate surface area is 113 Å². The van der Waals surface area contributed by atoms with Crippen LogP contribution in [0.5, 0.6) is 5.75 Å². The van der Waals surface area contributed by atoms with Crippen LogP contribution in [0.1, 0.15) is 0 Å². The molecule has 0 radical (unpaired) electrons. The molecule has 0 aliphatic carbocycles. The van der Waals surface area contributed by atoms with E-state index >= 15 is 0 Å². The van der Waals surface area contributed by atoms with E-state index in [1.54, 1.807) is 43.7 Å². The Morgan fingerprint density at radius 3 is 2.89 bits per heavy atom. The van der Waals surface area contributed by atoms with Gasteiger partial charge in [0.25, 0.3) is 5.89 Å². The summed E-state index contributed by atoms with van der Waals surface area (Å²) in [5.74, 6) is 1.84. The van der Waals surface area contributed by atoms with Crippen LogP contribution in [-0.2, 0) is 0 Å². The molecule has 5 nitrogen and oxygen atoms in total. The zero-order chi connectivity index (χ0) is 13.2. The second-order valence-electron chi connectivity index (χ2n) is 3.75. The number of hydrogen-bond donors (Lipinski definition) is 0. The van der Waals surface area contributed by atoms with Crippen LogP contribution in [0.15, 0.2) is 45.5 Å². The summed E-state index contributed by atoms with van der Waals surface area (Å²) in [6.45, 7) is 0. The third kappa shape index (κ3) is 2.20. The summed E-state index contributed by atoms with van der Waals surface area (Å²) in [5, 5.41) is 4.48. The zero-order valence-corrected chi connectivity index (χ0v) is 10.7. The molecular formula is C13H9ClN2O3. The maximum Gasteiger partial charge on any atom is 0.293 e. The quantitative estimate of drug-likeness (QED) is 0.730. The lowest BCUT2D eigenvalue weighted by Crippen LogP contribution is -1.89. The van der Waals surface area contributed by atoms with Crippen molar-refractivity contribution in [3.8, 4) is 28.8 Å². The number of furan rings is 1. The van der Waals surface area contributed by atoms with Gasteiger partial charge in [-0.1, -0.05) is 16.8 Å². The Morgan fingerprint density at radius 1 is 1.26 bits per heavy atom. The third-order valence-corrected chi connectivity index (χ3v) is 2.80. The number of nitrogens with zero attached hydrogens (tertiary/aromatic N) is 2. The van der Waals surface area contributed by atoms with E-state index < -0.39 is 0 Å². The normalized spacial score (nSPS) is 10.6. The molecular weight excluding hydrogens is 268 g/mol. The highest BCUT2D eigenvalue weighted by Crippen LogP contribution is 2.31. The van der Waals surface area contributed by atoms with Crippen molar-refractivity contribution in [1.82, 2.24) is 10.1 Å². The first kappa shape index (κ1) is 11.8. The predicted molar refractivity (Wildman–Crippen MR) is 69.0 cm³/mol. The molecule has 2 aromatic heterocycles. The summed E-state index contributed by atoms with van der Waals surface area (Å²) >= 11 is 5.97. The minimum atomic E-state index is 0.307. The fraction of sp³-hybridized carbons (Fsp3) is 0.0769. The van der Waals surface area contributed by atoms with E-state index in [0.717, 1.165) is 0 Å². The fourth-order valence-corrected chi connectivity index (χ4v) is 1.86. The highest BCUT2D eigenvalue weighted by Gasteiger charge is 2.16. The number of rotatable bonds is 3. The fourth-order valence-electron chi connectivity index (χ4n) is 1.69. The Kier molecular flexibility index (Phi) is 2.97. The Morgan fingerprint density at radius 2 is 2.16 bits per heavy atom. The third-order valence-electron chi connectivity index (χ3n) is 2.56. The number of halogens is 1. The molecule has 2 heterocycles. The lowest BCUT2D eigenvalue weighted by Gasteiger charge is -2.04. The topological polar surface area (TPSA) is 61.3 Å². The summed E-state index contributed by atoms with van der Waals surface area (Å²) in [4.78, 5) is 4.26. The molecule has 3 rings (SSSR count). The molecule has 19 heavy (non-hydrogen) atoms. The second-order valence-corrected chi connectivity index (χ2v) is 4.18. The van der Waals surface area contributed by atoms with Gasteiger partial charge in [0.05, 0.1) is 18.9 Å². The van der Waals surface area contributed by atoms with E-state index in [1.165, 1.54) is 0 Å². The lowest BCUT2D eigenvalue weighted by molar-refractivity contribution is 0.410. The van der Waals surface area contributed by atoms with Crippen LogP contribution in [-0.4, -0.2) is 17.3 Å². The summed E-state index contributed by atoms with van der Waals surface area (Å²) < 4.78 is 15.6. The first-order valence-electron chi connectivity index (χ1n) is 5.49. The van der Waals surface area contributed by atoms with E-state index in [-0.39, 0.29) is 0 Å². The maximum absolute atomic E-state index is 5.97. The van der Waals surface area contributed by atoms with Gasteiger partial charge >= 0.3 is 0 Å². The molecule has 0 aliphatic rings. The van der Waals surface area contributed by atoms with Crippen molar-refractivity contribution < 1.29 is 13.7 Å². The number of aromatic nitrogens is 2. The molecule has 96 valence electrons. The van der Waals surface area contributed by atoms with Crippen LogP contribution in [0.25, 0.3) is 23.0 Å². The summed E-state index contributed by atoms with van der Waals surface area (Å²) in [6.07, 6.45) is 1.54. The molecule has 0 unspecified atom stereocenters. The van der Waals surface area contributed by atoms with Crippen molar-refractivity contribution in [2.45, 2.75) is 0 Å². The minimum Gasteiger partial charge on any atom is -0.496 e. The van der Waals surface area contributed by atoms with Crippen LogP contribution >= 0.6 is 11.6 Å². The van der Waals surface area contributed by atoms with Gasteiger partial charge < -0.3 is 13.7 Å². The number of methoxy groups -OCH3 is 1. The van der Waals surface area contributed by atoms with Gasteiger partial charge in [-0.2, -0.15) is 4.98 Å². The molecule has 0 bridgehead atoms. The predicted octanol–water partition coefficient (Wildman–Crippen LogP) is 3.66. The minimum absolute atomic E-state index is 0.307. The molecule has 0 aliphatic heterocycles. The van der Waals surface area contributed by atoms with Crippen molar-refractivity contribution in [3.05, 3.63) is 41.6 Å². The van der Waals surface area contributed by atoms with E-state index in [1.807, 2.05) is 0 Å². The van der Waals surface area contributed by atoms with Gasteiger partial charge in [0.15, 0.2) is 5.76 Å². The van der Waals surface area contributed by atoms with Crippen LogP contribution in [0.2, 0.25) is 5.02 Å². The average molecular weight is 277 g/mol. The van der Waals surface area contributed by atoms with Gasteiger partial charge in [0.1, 0.15) is 5.75 Å². The van der Waals surface area contributed by atoms with E-state index in [0.29, 0.717) is 33.8 Å². The summed E-state index contributed by atoms with van der Waals surface area (Å²) in [5.41, 5.74) is 0.663. The van der Waals surface area contributed by atoms with Gasteiger partial charge in [-0.3, -0.25) is 0 Å². The smallest absolute Gasteiger partial charge is 0.293 e. The molecule has 0 amide bonds. The largest absolute Gasteiger partial charge is 0.496 e. The number of ether oxygens (including phenoxy) is 1. The van der Waals surface area contributed by atoms with Crippen molar-refractivity contribution in [2.24, 2.45) is 0 Å². The molecule has 0 fully saturated rings. The van der Waals surface area contributed by atoms with Crippen LogP contribution in [0, 0.1) is 0 Å². The molecule has 1 aromatic carbocycles. The summed E-state index contributed by atoms with van der Waals surface area (Å²) in [6, 6.07) is 8.70. The maximum atomic E-state index is 5.97. The molecule has 0 saturated heterocycles. The molecule has 0 spiro atoms. The average Bonchev–Trinajstić information content (AvgIpc) is 3.09. The van der Waals surface area contributed by atoms with E-state index in [4.69, 9.17) is 25.3 Å². The van der Waals surface area contributed by atoms with Gasteiger partial charge in [-0.15, -0.1) is 0 Å². The van der Waals surface area contributed by atoms with Crippen LogP contribution < -0.4 is 4.74 Å². The van der Waals surface area contributed by atoms with Gasteiger partial charge in [-0.25, -0.2) is 0 Å². The monoisotopic (exact) mass is 276 g/mol. The van der Waals surface area contributed by atoms with Crippen LogP contribution in [0.3, 0.4) is 0 Å². The lowest BCUT2D eigenvalue weighted by atomic mass is 10.2. The van der Waals surface area contributed by atoms with E-state index in [9.17, 15) is 0 Å². The number of benzene rings is 1. The molecule has 0 N–H and O–H groups in total. The Bertz CT molecular complexity index is 692. The first-order chi connectivity index (χ1) is 9.28. The zero-order valence-electron chi connectivity index (χ0n) is 9.96. The Balaban J connectivity index is 2.06. The molecule has 0 atom stereocenters. The highest BCUT2D eigenvalue weighted by molar-refractivity contribution is 6.30. The standard InChI is InChI=1S/C13H9ClN2O3/c1-17-10-5-4-8(14)7-9(10)12-15-13(19-16-12)11-3-2-6-18-11/h2-7H,1H3. The van der Waals surface area contributed by atoms with E-state index in [2.05, 4.69) is 10.1 Å². The molecule has 0 saturated carbocycles. The SMILES string of the molecule is COc1ccc(Cl)cc1-c1noc(-c2ccco2)n1. The van der Waals surface area contributed by atoms with Crippen molar-refractivity contribution >= 4 is 11.6 Å². The first-order valence-corrected chi connectivity index (χ1v) is 5.87. The van der Waals surface area contributed by atoms with Crippen LogP contribution in [0.4, 0.5) is 0 Å². The second kappa shape index (κ2) is 4.78. The van der Waals surface area contributed by atoms with Crippen molar-refractivity contribution in [3.63, 3.8) is 0 Å². The van der Waals surface area contributed by atoms with Gasteiger partial charge in [0, 0.05) is 5.02 Å². The Hall–Kier alpha value is -2.27. The van der Waals surface area contributed by atoms with Crippen molar-refractivity contribution in [1.29, 1.82) is 0 Å². The summed E-state index contributed by atoms with van der Waals surface area (Å²) in [7, 11) is 1.57. The van der Waals surface area contributed by atoms with Gasteiger partial charge in [0.2, 0.25) is 5.82 Å². The molecule has 6 heteroatoms. The number of hydrogen-bond acceptors (Lipinski definition) is 5. The van der Waals surface area contributed by atoms with Crippen molar-refractivity contribution in [2.75, 3.05) is 7.11 Å². The molecule has 3 aromatic rings.